The van der Waals surface area contributed by atoms with Gasteiger partial charge in [-0.2, -0.15) is 8.42 Å². The molecule has 0 unspecified atom stereocenters. The number of fused-ring (bicyclic) bond motifs is 7. The molecule has 0 amide bonds. The Balaban J connectivity index is 1.55. The zero-order valence-corrected chi connectivity index (χ0v) is 22.1. The minimum Gasteiger partial charge on any atom is -0.487 e. The molecular formula is C30H31NO4S. The Hall–Kier alpha value is -3.25. The molecule has 1 aliphatic heterocycles. The summed E-state index contributed by atoms with van der Waals surface area (Å²) in [7, 11) is -3.99. The summed E-state index contributed by atoms with van der Waals surface area (Å²) >= 11 is 0. The van der Waals surface area contributed by atoms with Crippen LogP contribution in [0.25, 0.3) is 21.8 Å². The van der Waals surface area contributed by atoms with Crippen molar-refractivity contribution in [1.82, 2.24) is 4.98 Å². The molecule has 0 saturated carbocycles. The van der Waals surface area contributed by atoms with Gasteiger partial charge in [0.15, 0.2) is 5.75 Å². The van der Waals surface area contributed by atoms with Gasteiger partial charge < -0.3 is 13.9 Å². The highest BCUT2D eigenvalue weighted by atomic mass is 32.2. The van der Waals surface area contributed by atoms with Crippen LogP contribution in [0.15, 0.2) is 65.1 Å². The predicted octanol–water partition coefficient (Wildman–Crippen LogP) is 7.32. The van der Waals surface area contributed by atoms with E-state index in [-0.39, 0.29) is 16.4 Å². The molecule has 3 aromatic carbocycles. The van der Waals surface area contributed by atoms with Crippen molar-refractivity contribution in [3.05, 3.63) is 76.9 Å². The highest BCUT2D eigenvalue weighted by Crippen LogP contribution is 2.53. The van der Waals surface area contributed by atoms with E-state index in [1.54, 1.807) is 30.3 Å². The largest absolute Gasteiger partial charge is 0.487 e. The second-order valence-electron chi connectivity index (χ2n) is 11.0. The molecule has 36 heavy (non-hydrogen) atoms. The minimum absolute atomic E-state index is 0.137. The third-order valence-electron chi connectivity index (χ3n) is 7.85. The van der Waals surface area contributed by atoms with Crippen LogP contribution in [0.1, 0.15) is 56.2 Å². The highest BCUT2D eigenvalue weighted by molar-refractivity contribution is 7.87. The molecule has 6 heteroatoms. The number of hydrogen-bond donors (Lipinski definition) is 1. The highest BCUT2D eigenvalue weighted by Gasteiger charge is 2.45. The van der Waals surface area contributed by atoms with E-state index in [0.29, 0.717) is 17.2 Å². The van der Waals surface area contributed by atoms with Gasteiger partial charge in [0.2, 0.25) is 0 Å². The summed E-state index contributed by atoms with van der Waals surface area (Å²) in [6.45, 7) is 10.4. The predicted molar refractivity (Wildman–Crippen MR) is 143 cm³/mol. The topological polar surface area (TPSA) is 68.4 Å². The van der Waals surface area contributed by atoms with E-state index in [1.165, 1.54) is 5.57 Å². The molecule has 1 aliphatic carbocycles. The zero-order valence-electron chi connectivity index (χ0n) is 21.3. The number of ether oxygens (including phenoxy) is 1. The van der Waals surface area contributed by atoms with Crippen molar-refractivity contribution >= 4 is 31.9 Å². The second-order valence-corrected chi connectivity index (χ2v) is 12.5. The third-order valence-corrected chi connectivity index (χ3v) is 9.10. The van der Waals surface area contributed by atoms with Gasteiger partial charge in [-0.25, -0.2) is 0 Å². The van der Waals surface area contributed by atoms with Crippen molar-refractivity contribution in [2.45, 2.75) is 63.9 Å². The van der Waals surface area contributed by atoms with Crippen molar-refractivity contribution in [2.24, 2.45) is 5.92 Å². The minimum atomic E-state index is -3.99. The number of H-pyrrole nitrogens is 1. The van der Waals surface area contributed by atoms with E-state index in [1.807, 2.05) is 13.8 Å². The molecule has 4 aromatic rings. The Morgan fingerprint density at radius 3 is 2.44 bits per heavy atom. The van der Waals surface area contributed by atoms with Crippen LogP contribution in [0.4, 0.5) is 0 Å². The van der Waals surface area contributed by atoms with Gasteiger partial charge in [0.1, 0.15) is 16.2 Å². The number of allylic oxidation sites excluding steroid dienone is 2. The lowest BCUT2D eigenvalue weighted by Gasteiger charge is -2.46. The van der Waals surface area contributed by atoms with E-state index in [9.17, 15) is 8.42 Å². The Bertz CT molecular complexity index is 1660. The van der Waals surface area contributed by atoms with Gasteiger partial charge in [0.25, 0.3) is 0 Å². The molecule has 0 radical (unpaired) electrons. The van der Waals surface area contributed by atoms with Crippen LogP contribution >= 0.6 is 0 Å². The molecule has 2 heterocycles. The molecule has 5 nitrogen and oxygen atoms in total. The van der Waals surface area contributed by atoms with Crippen molar-refractivity contribution < 1.29 is 17.3 Å². The fourth-order valence-corrected chi connectivity index (χ4v) is 6.96. The van der Waals surface area contributed by atoms with Crippen LogP contribution < -0.4 is 8.92 Å². The molecule has 6 rings (SSSR count). The summed E-state index contributed by atoms with van der Waals surface area (Å²) in [5.74, 6) is 1.79. The fraction of sp³-hybridized carbons (Fsp3) is 0.333. The van der Waals surface area contributed by atoms with Crippen molar-refractivity contribution in [1.29, 1.82) is 0 Å². The molecule has 0 spiro atoms. The Morgan fingerprint density at radius 2 is 1.69 bits per heavy atom. The maximum Gasteiger partial charge on any atom is 0.339 e. The summed E-state index contributed by atoms with van der Waals surface area (Å²) in [6, 6.07) is 14.7. The van der Waals surface area contributed by atoms with E-state index in [4.69, 9.17) is 8.92 Å². The first-order valence-corrected chi connectivity index (χ1v) is 13.9. The first-order valence-electron chi connectivity index (χ1n) is 12.5. The van der Waals surface area contributed by atoms with Crippen molar-refractivity contribution in [2.75, 3.05) is 0 Å². The third kappa shape index (κ3) is 3.62. The standard InChI is InChI=1S/C30H31NO4S/c1-17-6-9-20(10-7-17)36(32,33)35-26-16-19(3)15-22-21-11-13-25-27(29(21)31-28(22)26)23-14-18(2)8-12-24(23)30(4,5)34-25/h6-7,9-11,13-16,23-24,31H,8,12H2,1-5H3/t23-,24+/m1/s1. The lowest BCUT2D eigenvalue weighted by atomic mass is 9.68. The summed E-state index contributed by atoms with van der Waals surface area (Å²) in [5, 5.41) is 1.99. The maximum absolute atomic E-state index is 13.1. The van der Waals surface area contributed by atoms with E-state index >= 15 is 0 Å². The number of aryl methyl sites for hydroxylation is 2. The lowest BCUT2D eigenvalue weighted by Crippen LogP contribution is -2.45. The summed E-state index contributed by atoms with van der Waals surface area (Å²) in [5.41, 5.74) is 5.87. The summed E-state index contributed by atoms with van der Waals surface area (Å²) in [4.78, 5) is 3.70. The molecule has 0 saturated heterocycles. The number of rotatable bonds is 3. The average Bonchev–Trinajstić information content (AvgIpc) is 3.17. The molecule has 2 atom stereocenters. The van der Waals surface area contributed by atoms with Gasteiger partial charge >= 0.3 is 10.1 Å². The van der Waals surface area contributed by atoms with Gasteiger partial charge in [0, 0.05) is 28.2 Å². The Kier molecular flexibility index (Phi) is 5.07. The monoisotopic (exact) mass is 501 g/mol. The van der Waals surface area contributed by atoms with Gasteiger partial charge in [-0.15, -0.1) is 0 Å². The van der Waals surface area contributed by atoms with Crippen LogP contribution in [0.3, 0.4) is 0 Å². The van der Waals surface area contributed by atoms with Gasteiger partial charge in [0.05, 0.1) is 11.0 Å². The molecule has 1 aromatic heterocycles. The van der Waals surface area contributed by atoms with Gasteiger partial charge in [-0.3, -0.25) is 0 Å². The summed E-state index contributed by atoms with van der Waals surface area (Å²) < 4.78 is 38.6. The average molecular weight is 502 g/mol. The number of hydrogen-bond acceptors (Lipinski definition) is 4. The molecule has 2 aliphatic rings. The quantitative estimate of drug-likeness (QED) is 0.236. The Labute approximate surface area is 212 Å². The first-order chi connectivity index (χ1) is 17.0. The number of benzene rings is 3. The lowest BCUT2D eigenvalue weighted by molar-refractivity contribution is 0.0123. The smallest absolute Gasteiger partial charge is 0.339 e. The number of nitrogens with one attached hydrogen (secondary N) is 1. The van der Waals surface area contributed by atoms with E-state index < -0.39 is 10.1 Å². The van der Waals surface area contributed by atoms with Gasteiger partial charge in [-0.1, -0.05) is 29.3 Å². The van der Waals surface area contributed by atoms with E-state index in [2.05, 4.69) is 50.0 Å². The normalized spacial score (nSPS) is 21.0. The van der Waals surface area contributed by atoms with Crippen LogP contribution in [-0.2, 0) is 10.1 Å². The first kappa shape index (κ1) is 23.2. The molecule has 1 N–H and O–H groups in total. The number of aromatic nitrogens is 1. The zero-order chi connectivity index (χ0) is 25.4. The van der Waals surface area contributed by atoms with Gasteiger partial charge in [-0.05, 0) is 89.4 Å². The molecule has 0 fully saturated rings. The molecule has 186 valence electrons. The second kappa shape index (κ2) is 7.87. The van der Waals surface area contributed by atoms with Crippen LogP contribution in [0.5, 0.6) is 11.5 Å². The molecule has 0 bridgehead atoms. The van der Waals surface area contributed by atoms with Crippen LogP contribution in [0, 0.1) is 19.8 Å². The summed E-state index contributed by atoms with van der Waals surface area (Å²) in [6.07, 6.45) is 4.56. The van der Waals surface area contributed by atoms with Crippen LogP contribution in [-0.4, -0.2) is 19.0 Å². The SMILES string of the molecule is CC1=C[C@H]2c3c(ccc4c3[nH]c3c(OS(=O)(=O)c5ccc(C)cc5)cc(C)cc34)OC(C)(C)[C@H]2CC1. The Morgan fingerprint density at radius 1 is 0.944 bits per heavy atom. The maximum atomic E-state index is 13.1. The van der Waals surface area contributed by atoms with Crippen LogP contribution in [0.2, 0.25) is 0 Å². The fourth-order valence-electron chi connectivity index (χ4n) is 6.03. The van der Waals surface area contributed by atoms with E-state index in [0.717, 1.165) is 51.6 Å². The number of aromatic amines is 1. The van der Waals surface area contributed by atoms with Crippen molar-refractivity contribution in [3.8, 4) is 11.5 Å². The molecular weight excluding hydrogens is 470 g/mol. The van der Waals surface area contributed by atoms with Crippen molar-refractivity contribution in [3.63, 3.8) is 0 Å².